The molecular formula is C11H16N2O4S. The minimum Gasteiger partial charge on any atom is -0.383 e. The summed E-state index contributed by atoms with van der Waals surface area (Å²) in [7, 11) is -2.27. The number of carbonyl (C=O) groups is 1. The Morgan fingerprint density at radius 2 is 2.17 bits per heavy atom. The Bertz CT molecular complexity index is 528. The molecule has 7 heteroatoms. The van der Waals surface area contributed by atoms with Crippen molar-refractivity contribution in [3.8, 4) is 0 Å². The maximum absolute atomic E-state index is 11.8. The van der Waals surface area contributed by atoms with Crippen LogP contribution in [0.2, 0.25) is 0 Å². The summed E-state index contributed by atoms with van der Waals surface area (Å²) in [6, 6.07) is 5.40. The van der Waals surface area contributed by atoms with E-state index in [1.54, 1.807) is 6.92 Å². The fourth-order valence-corrected chi connectivity index (χ4v) is 1.97. The molecule has 1 amide bonds. The van der Waals surface area contributed by atoms with Crippen LogP contribution in [0, 0.1) is 0 Å². The summed E-state index contributed by atoms with van der Waals surface area (Å²) >= 11 is 0. The summed E-state index contributed by atoms with van der Waals surface area (Å²) in [5, 5.41) is 7.67. The monoisotopic (exact) mass is 272 g/mol. The number of primary sulfonamides is 1. The Morgan fingerprint density at radius 3 is 2.72 bits per heavy atom. The summed E-state index contributed by atoms with van der Waals surface area (Å²) in [6.07, 6.45) is 0. The molecule has 0 heterocycles. The van der Waals surface area contributed by atoms with Crippen LogP contribution in [0.15, 0.2) is 29.2 Å². The molecule has 0 aliphatic heterocycles. The third kappa shape index (κ3) is 4.10. The van der Waals surface area contributed by atoms with Gasteiger partial charge in [-0.3, -0.25) is 4.79 Å². The maximum atomic E-state index is 11.8. The van der Waals surface area contributed by atoms with E-state index in [2.05, 4.69) is 5.32 Å². The first kappa shape index (κ1) is 14.6. The molecule has 0 radical (unpaired) electrons. The largest absolute Gasteiger partial charge is 0.383 e. The van der Waals surface area contributed by atoms with Gasteiger partial charge in [-0.05, 0) is 25.1 Å². The van der Waals surface area contributed by atoms with Gasteiger partial charge in [0, 0.05) is 18.7 Å². The van der Waals surface area contributed by atoms with Crippen molar-refractivity contribution in [1.29, 1.82) is 0 Å². The van der Waals surface area contributed by atoms with Crippen LogP contribution < -0.4 is 10.5 Å². The summed E-state index contributed by atoms with van der Waals surface area (Å²) in [6.45, 7) is 2.16. The number of nitrogens with one attached hydrogen (secondary N) is 1. The highest BCUT2D eigenvalue weighted by Crippen LogP contribution is 2.09. The SMILES string of the molecule is COCC(C)NC(=O)c1cccc(S(N)(=O)=O)c1. The van der Waals surface area contributed by atoms with E-state index < -0.39 is 10.0 Å². The Kier molecular flexibility index (Phi) is 4.83. The van der Waals surface area contributed by atoms with Gasteiger partial charge in [-0.1, -0.05) is 6.07 Å². The van der Waals surface area contributed by atoms with E-state index in [0.717, 1.165) is 0 Å². The van der Waals surface area contributed by atoms with Crippen LogP contribution in [-0.2, 0) is 14.8 Å². The first-order valence-electron chi connectivity index (χ1n) is 5.27. The Hall–Kier alpha value is -1.44. The third-order valence-electron chi connectivity index (χ3n) is 2.22. The molecule has 0 saturated carbocycles. The van der Waals surface area contributed by atoms with Gasteiger partial charge in [0.15, 0.2) is 0 Å². The van der Waals surface area contributed by atoms with Crippen LogP contribution in [0.25, 0.3) is 0 Å². The van der Waals surface area contributed by atoms with E-state index >= 15 is 0 Å². The summed E-state index contributed by atoms with van der Waals surface area (Å²) < 4.78 is 27.2. The first-order valence-corrected chi connectivity index (χ1v) is 6.82. The van der Waals surface area contributed by atoms with Crippen molar-refractivity contribution in [1.82, 2.24) is 5.32 Å². The van der Waals surface area contributed by atoms with Crippen LogP contribution in [0.1, 0.15) is 17.3 Å². The first-order chi connectivity index (χ1) is 8.34. The molecule has 18 heavy (non-hydrogen) atoms. The summed E-state index contributed by atoms with van der Waals surface area (Å²) in [5.74, 6) is -0.370. The van der Waals surface area contributed by atoms with E-state index in [1.165, 1.54) is 31.4 Å². The van der Waals surface area contributed by atoms with Gasteiger partial charge in [-0.25, -0.2) is 13.6 Å². The smallest absolute Gasteiger partial charge is 0.251 e. The normalized spacial score (nSPS) is 13.1. The van der Waals surface area contributed by atoms with E-state index in [1.807, 2.05) is 0 Å². The lowest BCUT2D eigenvalue weighted by molar-refractivity contribution is 0.0905. The van der Waals surface area contributed by atoms with E-state index in [0.29, 0.717) is 6.61 Å². The zero-order chi connectivity index (χ0) is 13.8. The number of rotatable bonds is 5. The molecule has 0 aromatic heterocycles. The minimum atomic E-state index is -3.80. The highest BCUT2D eigenvalue weighted by molar-refractivity contribution is 7.89. The quantitative estimate of drug-likeness (QED) is 0.794. The lowest BCUT2D eigenvalue weighted by Gasteiger charge is -2.12. The lowest BCUT2D eigenvalue weighted by Crippen LogP contribution is -2.35. The molecule has 1 aromatic rings. The number of hydrogen-bond acceptors (Lipinski definition) is 4. The Labute approximate surface area is 106 Å². The number of sulfonamides is 1. The number of hydrogen-bond donors (Lipinski definition) is 2. The number of benzene rings is 1. The highest BCUT2D eigenvalue weighted by atomic mass is 32.2. The van der Waals surface area contributed by atoms with Crippen LogP contribution in [-0.4, -0.2) is 34.1 Å². The second kappa shape index (κ2) is 5.94. The van der Waals surface area contributed by atoms with Crippen LogP contribution in [0.3, 0.4) is 0 Å². The second-order valence-electron chi connectivity index (χ2n) is 3.90. The number of ether oxygens (including phenoxy) is 1. The molecule has 0 bridgehead atoms. The van der Waals surface area contributed by atoms with E-state index in [4.69, 9.17) is 9.88 Å². The van der Waals surface area contributed by atoms with E-state index in [9.17, 15) is 13.2 Å². The van der Waals surface area contributed by atoms with Crippen molar-refractivity contribution in [3.05, 3.63) is 29.8 Å². The fraction of sp³-hybridized carbons (Fsp3) is 0.364. The predicted octanol–water partition coefficient (Wildman–Crippen LogP) is 0.0987. The molecule has 3 N–H and O–H groups in total. The highest BCUT2D eigenvalue weighted by Gasteiger charge is 2.13. The van der Waals surface area contributed by atoms with Crippen molar-refractivity contribution in [2.45, 2.75) is 17.9 Å². The van der Waals surface area contributed by atoms with Gasteiger partial charge in [0.05, 0.1) is 11.5 Å². The zero-order valence-corrected chi connectivity index (χ0v) is 11.0. The van der Waals surface area contributed by atoms with E-state index in [-0.39, 0.29) is 22.4 Å². The molecule has 0 aliphatic carbocycles. The van der Waals surface area contributed by atoms with Crippen LogP contribution in [0.4, 0.5) is 0 Å². The van der Waals surface area contributed by atoms with Gasteiger partial charge in [-0.15, -0.1) is 0 Å². The van der Waals surface area contributed by atoms with Crippen LogP contribution >= 0.6 is 0 Å². The molecule has 1 unspecified atom stereocenters. The van der Waals surface area contributed by atoms with Crippen molar-refractivity contribution in [3.63, 3.8) is 0 Å². The van der Waals surface area contributed by atoms with Gasteiger partial charge >= 0.3 is 0 Å². The number of nitrogens with two attached hydrogens (primary N) is 1. The predicted molar refractivity (Wildman–Crippen MR) is 66.6 cm³/mol. The summed E-state index contributed by atoms with van der Waals surface area (Å²) in [5.41, 5.74) is 0.240. The second-order valence-corrected chi connectivity index (χ2v) is 5.46. The summed E-state index contributed by atoms with van der Waals surface area (Å²) in [4.78, 5) is 11.7. The number of methoxy groups -OCH3 is 1. The number of carbonyl (C=O) groups excluding carboxylic acids is 1. The van der Waals surface area contributed by atoms with Gasteiger partial charge in [0.25, 0.3) is 5.91 Å². The maximum Gasteiger partial charge on any atom is 0.251 e. The molecule has 1 aromatic carbocycles. The topological polar surface area (TPSA) is 98.5 Å². The van der Waals surface area contributed by atoms with Crippen LogP contribution in [0.5, 0.6) is 0 Å². The number of amides is 1. The third-order valence-corrected chi connectivity index (χ3v) is 3.13. The van der Waals surface area contributed by atoms with Crippen molar-refractivity contribution < 1.29 is 17.9 Å². The standard InChI is InChI=1S/C11H16N2O4S/c1-8(7-17-2)13-11(14)9-4-3-5-10(6-9)18(12,15)16/h3-6,8H,7H2,1-2H3,(H,13,14)(H2,12,15,16). The van der Waals surface area contributed by atoms with Gasteiger partial charge in [0.2, 0.25) is 10.0 Å². The van der Waals surface area contributed by atoms with Crippen molar-refractivity contribution in [2.24, 2.45) is 5.14 Å². The average Bonchev–Trinajstić information content (AvgIpc) is 2.28. The molecule has 1 rings (SSSR count). The molecule has 0 saturated heterocycles. The minimum absolute atomic E-state index is 0.0884. The molecule has 1 atom stereocenters. The lowest BCUT2D eigenvalue weighted by atomic mass is 10.2. The fourth-order valence-electron chi connectivity index (χ4n) is 1.41. The van der Waals surface area contributed by atoms with Gasteiger partial charge in [0.1, 0.15) is 0 Å². The van der Waals surface area contributed by atoms with Gasteiger partial charge < -0.3 is 10.1 Å². The molecule has 6 nitrogen and oxygen atoms in total. The Balaban J connectivity index is 2.87. The molecule has 100 valence electrons. The Morgan fingerprint density at radius 1 is 1.50 bits per heavy atom. The molecular weight excluding hydrogens is 256 g/mol. The molecule has 0 aliphatic rings. The van der Waals surface area contributed by atoms with Crippen molar-refractivity contribution in [2.75, 3.05) is 13.7 Å². The average molecular weight is 272 g/mol. The molecule has 0 spiro atoms. The molecule has 0 fully saturated rings. The van der Waals surface area contributed by atoms with Crippen molar-refractivity contribution >= 4 is 15.9 Å². The van der Waals surface area contributed by atoms with Gasteiger partial charge in [-0.2, -0.15) is 0 Å². The zero-order valence-electron chi connectivity index (χ0n) is 10.2.